The van der Waals surface area contributed by atoms with Gasteiger partial charge in [-0.15, -0.1) is 0 Å². The van der Waals surface area contributed by atoms with E-state index >= 15 is 0 Å². The fourth-order valence-electron chi connectivity index (χ4n) is 5.25. The van der Waals surface area contributed by atoms with Crippen LogP contribution in [0.5, 0.6) is 11.5 Å². The molecule has 10 nitrogen and oxygen atoms in total. The number of rotatable bonds is 12. The van der Waals surface area contributed by atoms with E-state index in [1.54, 1.807) is 97.1 Å². The average molecular weight is 741 g/mol. The van der Waals surface area contributed by atoms with E-state index in [4.69, 9.17) is 9.47 Å². The Morgan fingerprint density at radius 2 is 0.725 bits per heavy atom. The van der Waals surface area contributed by atoms with Crippen molar-refractivity contribution in [2.45, 2.75) is 19.6 Å². The Morgan fingerprint density at radius 1 is 0.392 bits per heavy atom. The highest BCUT2D eigenvalue weighted by molar-refractivity contribution is 7.93. The van der Waals surface area contributed by atoms with E-state index in [0.717, 1.165) is 0 Å². The van der Waals surface area contributed by atoms with Crippen LogP contribution >= 0.6 is 0 Å². The van der Waals surface area contributed by atoms with Crippen molar-refractivity contribution in [1.29, 1.82) is 0 Å². The number of hydrogen-bond donors (Lipinski definition) is 2. The van der Waals surface area contributed by atoms with E-state index in [-0.39, 0.29) is 19.6 Å². The molecule has 13 heteroatoms. The van der Waals surface area contributed by atoms with Crippen molar-refractivity contribution in [1.82, 2.24) is 0 Å². The van der Waals surface area contributed by atoms with Gasteiger partial charge in [-0.3, -0.25) is 9.44 Å². The molecule has 0 radical (unpaired) electrons. The normalized spacial score (nSPS) is 11.8. The number of ether oxygens (including phenoxy) is 2. The molecule has 6 aromatic carbocycles. The molecular formula is C38H32N2O8S3. The summed E-state index contributed by atoms with van der Waals surface area (Å²) >= 11 is 0. The minimum atomic E-state index is -3.87. The summed E-state index contributed by atoms with van der Waals surface area (Å²) in [4.78, 5) is 0.340. The van der Waals surface area contributed by atoms with Gasteiger partial charge in [0.15, 0.2) is 0 Å². The molecule has 0 spiro atoms. The van der Waals surface area contributed by atoms with Gasteiger partial charge >= 0.3 is 0 Å². The second-order valence-corrected chi connectivity index (χ2v) is 16.6. The molecule has 260 valence electrons. The Hall–Kier alpha value is -5.63. The maximum Gasteiger partial charge on any atom is 0.261 e. The summed E-state index contributed by atoms with van der Waals surface area (Å²) in [5, 5.41) is 0. The van der Waals surface area contributed by atoms with Gasteiger partial charge in [-0.2, -0.15) is 0 Å². The molecule has 51 heavy (non-hydrogen) atoms. The van der Waals surface area contributed by atoms with Crippen LogP contribution in [0.4, 0.5) is 11.4 Å². The van der Waals surface area contributed by atoms with E-state index in [1.807, 2.05) is 0 Å². The van der Waals surface area contributed by atoms with Gasteiger partial charge in [-0.25, -0.2) is 25.3 Å². The molecule has 0 heterocycles. The van der Waals surface area contributed by atoms with Crippen molar-refractivity contribution in [3.63, 3.8) is 0 Å². The molecule has 0 amide bonds. The molecule has 6 rings (SSSR count). The average Bonchev–Trinajstić information content (AvgIpc) is 3.15. The molecular weight excluding hydrogens is 709 g/mol. The number of methoxy groups -OCH3 is 2. The first-order valence-electron chi connectivity index (χ1n) is 15.4. The van der Waals surface area contributed by atoms with Crippen LogP contribution in [-0.2, 0) is 29.9 Å². The summed E-state index contributed by atoms with van der Waals surface area (Å²) in [6.07, 6.45) is 0. The molecule has 6 aromatic rings. The maximum absolute atomic E-state index is 13.5. The number of benzene rings is 6. The van der Waals surface area contributed by atoms with Crippen LogP contribution in [0, 0.1) is 0 Å². The minimum absolute atomic E-state index is 0.0815. The standard InChI is InChI=1S/C38H32N2O8S3/c1-47-33-13-21-37(22-14-33)50(43,44)39-31-7-3-5-29(25-31)27-9-17-35(18-10-27)49(41,42)36-19-11-28(12-20-36)30-6-4-8-32(26-30)40-51(45,46)38-23-15-34(48-2)16-24-38/h3-26,39-40H,1-2H3. The summed E-state index contributed by atoms with van der Waals surface area (Å²) < 4.78 is 94.1. The summed E-state index contributed by atoms with van der Waals surface area (Å²) in [7, 11) is -8.58. The number of sulfone groups is 1. The number of sulfonamides is 2. The van der Waals surface area contributed by atoms with E-state index in [9.17, 15) is 25.3 Å². The lowest BCUT2D eigenvalue weighted by Gasteiger charge is -2.11. The zero-order valence-corrected chi connectivity index (χ0v) is 29.8. The van der Waals surface area contributed by atoms with E-state index in [0.29, 0.717) is 45.1 Å². The highest BCUT2D eigenvalue weighted by Gasteiger charge is 2.19. The zero-order chi connectivity index (χ0) is 36.2. The summed E-state index contributed by atoms with van der Waals surface area (Å²) in [5.74, 6) is 1.08. The third kappa shape index (κ3) is 7.91. The summed E-state index contributed by atoms with van der Waals surface area (Å²) in [5.41, 5.74) is 3.45. The molecule has 0 aliphatic carbocycles. The van der Waals surface area contributed by atoms with E-state index in [2.05, 4.69) is 9.44 Å². The van der Waals surface area contributed by atoms with Crippen LogP contribution in [-0.4, -0.2) is 39.5 Å². The van der Waals surface area contributed by atoms with Crippen molar-refractivity contribution in [2.75, 3.05) is 23.7 Å². The van der Waals surface area contributed by atoms with Crippen LogP contribution < -0.4 is 18.9 Å². The Labute approximate surface area is 297 Å². The van der Waals surface area contributed by atoms with Gasteiger partial charge < -0.3 is 9.47 Å². The molecule has 0 atom stereocenters. The Morgan fingerprint density at radius 3 is 1.06 bits per heavy atom. The predicted octanol–water partition coefficient (Wildman–Crippen LogP) is 7.47. The first-order valence-corrected chi connectivity index (χ1v) is 19.8. The third-order valence-corrected chi connectivity index (χ3v) is 12.5. The molecule has 2 N–H and O–H groups in total. The van der Waals surface area contributed by atoms with Gasteiger partial charge in [-0.05, 0) is 119 Å². The monoisotopic (exact) mass is 740 g/mol. The van der Waals surface area contributed by atoms with Gasteiger partial charge in [0.2, 0.25) is 9.84 Å². The smallest absolute Gasteiger partial charge is 0.261 e. The van der Waals surface area contributed by atoms with Gasteiger partial charge in [0.1, 0.15) is 11.5 Å². The van der Waals surface area contributed by atoms with Crippen LogP contribution in [0.2, 0.25) is 0 Å². The van der Waals surface area contributed by atoms with Crippen molar-refractivity contribution < 1.29 is 34.7 Å². The van der Waals surface area contributed by atoms with Gasteiger partial charge in [-0.1, -0.05) is 48.5 Å². The minimum Gasteiger partial charge on any atom is -0.497 e. The van der Waals surface area contributed by atoms with E-state index in [1.165, 1.54) is 62.8 Å². The third-order valence-electron chi connectivity index (χ3n) is 7.96. The number of nitrogens with one attached hydrogen (secondary N) is 2. The van der Waals surface area contributed by atoms with Crippen molar-refractivity contribution in [3.8, 4) is 33.8 Å². The summed E-state index contributed by atoms with van der Waals surface area (Å²) in [6, 6.07) is 38.3. The van der Waals surface area contributed by atoms with Crippen molar-refractivity contribution >= 4 is 41.3 Å². The Balaban J connectivity index is 1.16. The lowest BCUT2D eigenvalue weighted by Crippen LogP contribution is -2.12. The lowest BCUT2D eigenvalue weighted by atomic mass is 10.1. The summed E-state index contributed by atoms with van der Waals surface area (Å²) in [6.45, 7) is 0. The first kappa shape index (κ1) is 35.2. The SMILES string of the molecule is COc1ccc(S(=O)(=O)Nc2cccc(-c3ccc(S(=O)(=O)c4ccc(-c5cccc(NS(=O)(=O)c6ccc(OC)cc6)c5)cc4)cc3)c2)cc1. The number of hydrogen-bond acceptors (Lipinski definition) is 8. The second-order valence-electron chi connectivity index (χ2n) is 11.3. The molecule has 0 unspecified atom stereocenters. The highest BCUT2D eigenvalue weighted by atomic mass is 32.2. The van der Waals surface area contributed by atoms with Gasteiger partial charge in [0.25, 0.3) is 20.0 Å². The Bertz CT molecular complexity index is 2330. The molecule has 0 aromatic heterocycles. The molecule has 0 saturated carbocycles. The Kier molecular flexibility index (Phi) is 9.88. The van der Waals surface area contributed by atoms with Crippen molar-refractivity contribution in [3.05, 3.63) is 146 Å². The largest absolute Gasteiger partial charge is 0.497 e. The molecule has 0 aliphatic heterocycles. The second kappa shape index (κ2) is 14.3. The van der Waals surface area contributed by atoms with Crippen LogP contribution in [0.3, 0.4) is 0 Å². The molecule has 0 saturated heterocycles. The fourth-order valence-corrected chi connectivity index (χ4v) is 8.61. The number of anilines is 2. The topological polar surface area (TPSA) is 145 Å². The highest BCUT2D eigenvalue weighted by Crippen LogP contribution is 2.30. The van der Waals surface area contributed by atoms with Crippen LogP contribution in [0.1, 0.15) is 0 Å². The predicted molar refractivity (Wildman–Crippen MR) is 197 cm³/mol. The lowest BCUT2D eigenvalue weighted by molar-refractivity contribution is 0.414. The molecule has 0 bridgehead atoms. The van der Waals surface area contributed by atoms with Crippen LogP contribution in [0.15, 0.2) is 165 Å². The fraction of sp³-hybridized carbons (Fsp3) is 0.0526. The maximum atomic E-state index is 13.5. The first-order chi connectivity index (χ1) is 24.4. The van der Waals surface area contributed by atoms with Crippen molar-refractivity contribution in [2.24, 2.45) is 0 Å². The zero-order valence-electron chi connectivity index (χ0n) is 27.3. The molecule has 0 fully saturated rings. The molecule has 0 aliphatic rings. The quantitative estimate of drug-likeness (QED) is 0.132. The van der Waals surface area contributed by atoms with Gasteiger partial charge in [0, 0.05) is 11.4 Å². The van der Waals surface area contributed by atoms with E-state index < -0.39 is 29.9 Å². The van der Waals surface area contributed by atoms with Gasteiger partial charge in [0.05, 0.1) is 33.8 Å². The van der Waals surface area contributed by atoms with Crippen LogP contribution in [0.25, 0.3) is 22.3 Å².